The van der Waals surface area contributed by atoms with Gasteiger partial charge in [0.25, 0.3) is 0 Å². The van der Waals surface area contributed by atoms with Crippen LogP contribution in [0, 0.1) is 0 Å². The third-order valence-corrected chi connectivity index (χ3v) is 2.42. The van der Waals surface area contributed by atoms with E-state index in [0.717, 1.165) is 19.4 Å². The normalized spacial score (nSPS) is 10.7. The number of aromatic nitrogens is 3. The molecule has 0 saturated heterocycles. The van der Waals surface area contributed by atoms with E-state index in [9.17, 15) is 0 Å². The van der Waals surface area contributed by atoms with Gasteiger partial charge < -0.3 is 20.1 Å². The van der Waals surface area contributed by atoms with E-state index >= 15 is 0 Å². The Bertz CT molecular complexity index is 375. The average molecular weight is 297 g/mol. The summed E-state index contributed by atoms with van der Waals surface area (Å²) >= 11 is 0. The molecule has 0 saturated carbocycles. The van der Waals surface area contributed by atoms with E-state index in [0.29, 0.717) is 37.7 Å². The van der Waals surface area contributed by atoms with E-state index in [2.05, 4.69) is 32.5 Å². The van der Waals surface area contributed by atoms with E-state index in [1.807, 2.05) is 20.8 Å². The molecule has 0 bridgehead atoms. The predicted molar refractivity (Wildman–Crippen MR) is 84.0 cm³/mol. The molecule has 120 valence electrons. The number of nitrogens with zero attached hydrogens (tertiary/aromatic N) is 3. The standard InChI is InChI=1S/C14H27N5O2/c1-5-7-15-12-17-13(16-8-10-20-11(3)4)19-14(18-12)21-9-6-2/h11H,5-10H2,1-4H3,(H2,15,16,17,18,19). The second-order valence-electron chi connectivity index (χ2n) is 4.89. The molecule has 0 aliphatic carbocycles. The van der Waals surface area contributed by atoms with Gasteiger partial charge in [-0.2, -0.15) is 15.0 Å². The van der Waals surface area contributed by atoms with Crippen molar-refractivity contribution in [3.05, 3.63) is 0 Å². The first-order chi connectivity index (χ1) is 10.2. The molecule has 0 aliphatic heterocycles. The van der Waals surface area contributed by atoms with E-state index in [-0.39, 0.29) is 6.10 Å². The molecule has 1 aromatic rings. The Labute approximate surface area is 126 Å². The highest BCUT2D eigenvalue weighted by Gasteiger charge is 2.07. The summed E-state index contributed by atoms with van der Waals surface area (Å²) in [7, 11) is 0. The summed E-state index contributed by atoms with van der Waals surface area (Å²) in [6.07, 6.45) is 2.13. The lowest BCUT2D eigenvalue weighted by molar-refractivity contribution is 0.0869. The summed E-state index contributed by atoms with van der Waals surface area (Å²) < 4.78 is 11.0. The van der Waals surface area contributed by atoms with Crippen molar-refractivity contribution in [2.24, 2.45) is 0 Å². The highest BCUT2D eigenvalue weighted by atomic mass is 16.5. The fourth-order valence-corrected chi connectivity index (χ4v) is 1.47. The number of ether oxygens (including phenoxy) is 2. The number of hydrogen-bond acceptors (Lipinski definition) is 7. The van der Waals surface area contributed by atoms with Crippen LogP contribution in [0.5, 0.6) is 6.01 Å². The number of rotatable bonds is 11. The Hall–Kier alpha value is -1.63. The minimum absolute atomic E-state index is 0.218. The maximum absolute atomic E-state index is 5.49. The van der Waals surface area contributed by atoms with Crippen LogP contribution in [-0.2, 0) is 4.74 Å². The first-order valence-corrected chi connectivity index (χ1v) is 7.63. The Morgan fingerprint density at radius 1 is 0.905 bits per heavy atom. The molecule has 1 heterocycles. The minimum Gasteiger partial charge on any atom is -0.463 e. The van der Waals surface area contributed by atoms with Gasteiger partial charge in [-0.25, -0.2) is 0 Å². The van der Waals surface area contributed by atoms with Gasteiger partial charge in [0.1, 0.15) is 0 Å². The molecule has 0 aromatic carbocycles. The Morgan fingerprint density at radius 3 is 2.14 bits per heavy atom. The molecule has 0 aliphatic rings. The van der Waals surface area contributed by atoms with Crippen LogP contribution < -0.4 is 15.4 Å². The minimum atomic E-state index is 0.218. The molecule has 21 heavy (non-hydrogen) atoms. The SMILES string of the molecule is CCCNc1nc(NCCOC(C)C)nc(OCCC)n1. The van der Waals surface area contributed by atoms with Crippen molar-refractivity contribution in [2.45, 2.75) is 46.6 Å². The molecular formula is C14H27N5O2. The van der Waals surface area contributed by atoms with Gasteiger partial charge >= 0.3 is 6.01 Å². The fraction of sp³-hybridized carbons (Fsp3) is 0.786. The van der Waals surface area contributed by atoms with Crippen molar-refractivity contribution in [1.82, 2.24) is 15.0 Å². The molecule has 0 unspecified atom stereocenters. The Kier molecular flexibility index (Phi) is 8.42. The number of hydrogen-bond donors (Lipinski definition) is 2. The summed E-state index contributed by atoms with van der Waals surface area (Å²) in [5.41, 5.74) is 0. The third-order valence-electron chi connectivity index (χ3n) is 2.42. The Balaban J connectivity index is 2.61. The number of nitrogens with one attached hydrogen (secondary N) is 2. The van der Waals surface area contributed by atoms with Crippen LogP contribution in [0.3, 0.4) is 0 Å². The summed E-state index contributed by atoms with van der Waals surface area (Å²) in [6.45, 7) is 10.8. The smallest absolute Gasteiger partial charge is 0.323 e. The van der Waals surface area contributed by atoms with Gasteiger partial charge in [0.05, 0.1) is 19.3 Å². The molecule has 1 aromatic heterocycles. The van der Waals surface area contributed by atoms with E-state index in [1.165, 1.54) is 0 Å². The van der Waals surface area contributed by atoms with Gasteiger partial charge in [0.15, 0.2) is 0 Å². The quantitative estimate of drug-likeness (QED) is 0.607. The van der Waals surface area contributed by atoms with Crippen LogP contribution in [0.2, 0.25) is 0 Å². The topological polar surface area (TPSA) is 81.2 Å². The monoisotopic (exact) mass is 297 g/mol. The molecule has 0 spiro atoms. The zero-order chi connectivity index (χ0) is 15.5. The van der Waals surface area contributed by atoms with E-state index in [1.54, 1.807) is 0 Å². The lowest BCUT2D eigenvalue weighted by atomic mass is 10.5. The van der Waals surface area contributed by atoms with Crippen molar-refractivity contribution < 1.29 is 9.47 Å². The molecule has 7 heteroatoms. The third kappa shape index (κ3) is 7.65. The van der Waals surface area contributed by atoms with Crippen LogP contribution in [0.15, 0.2) is 0 Å². The molecular weight excluding hydrogens is 270 g/mol. The van der Waals surface area contributed by atoms with Gasteiger partial charge in [0, 0.05) is 13.1 Å². The summed E-state index contributed by atoms with van der Waals surface area (Å²) in [6, 6.07) is 0.345. The van der Waals surface area contributed by atoms with Gasteiger partial charge in [0.2, 0.25) is 11.9 Å². The van der Waals surface area contributed by atoms with Crippen molar-refractivity contribution in [2.75, 3.05) is 36.9 Å². The van der Waals surface area contributed by atoms with Crippen molar-refractivity contribution in [1.29, 1.82) is 0 Å². The maximum atomic E-state index is 5.49. The lowest BCUT2D eigenvalue weighted by Crippen LogP contribution is -2.16. The molecule has 0 atom stereocenters. The molecule has 0 amide bonds. The van der Waals surface area contributed by atoms with Crippen molar-refractivity contribution in [3.63, 3.8) is 0 Å². The summed E-state index contributed by atoms with van der Waals surface area (Å²) in [4.78, 5) is 12.8. The first-order valence-electron chi connectivity index (χ1n) is 7.63. The zero-order valence-corrected chi connectivity index (χ0v) is 13.5. The second-order valence-corrected chi connectivity index (χ2v) is 4.89. The Morgan fingerprint density at radius 2 is 1.57 bits per heavy atom. The van der Waals surface area contributed by atoms with Crippen LogP contribution in [0.25, 0.3) is 0 Å². The molecule has 0 radical (unpaired) electrons. The summed E-state index contributed by atoms with van der Waals surface area (Å²) in [5.74, 6) is 1.03. The molecule has 1 rings (SSSR count). The van der Waals surface area contributed by atoms with Crippen LogP contribution in [0.1, 0.15) is 40.5 Å². The molecule has 0 fully saturated rings. The lowest BCUT2D eigenvalue weighted by Gasteiger charge is -2.11. The molecule has 7 nitrogen and oxygen atoms in total. The van der Waals surface area contributed by atoms with Gasteiger partial charge in [-0.3, -0.25) is 0 Å². The predicted octanol–water partition coefficient (Wildman–Crippen LogP) is 2.32. The van der Waals surface area contributed by atoms with Crippen molar-refractivity contribution in [3.8, 4) is 6.01 Å². The highest BCUT2D eigenvalue weighted by molar-refractivity contribution is 5.35. The number of anilines is 2. The first kappa shape index (κ1) is 17.4. The van der Waals surface area contributed by atoms with Crippen LogP contribution in [0.4, 0.5) is 11.9 Å². The van der Waals surface area contributed by atoms with Gasteiger partial charge in [-0.1, -0.05) is 13.8 Å². The van der Waals surface area contributed by atoms with Gasteiger partial charge in [-0.15, -0.1) is 0 Å². The van der Waals surface area contributed by atoms with Crippen molar-refractivity contribution >= 4 is 11.9 Å². The van der Waals surface area contributed by atoms with E-state index in [4.69, 9.17) is 9.47 Å². The molecule has 2 N–H and O–H groups in total. The second kappa shape index (κ2) is 10.1. The fourth-order valence-electron chi connectivity index (χ4n) is 1.47. The van der Waals surface area contributed by atoms with Gasteiger partial charge in [-0.05, 0) is 26.7 Å². The van der Waals surface area contributed by atoms with Crippen LogP contribution >= 0.6 is 0 Å². The van der Waals surface area contributed by atoms with Crippen LogP contribution in [-0.4, -0.2) is 47.4 Å². The zero-order valence-electron chi connectivity index (χ0n) is 13.5. The van der Waals surface area contributed by atoms with E-state index < -0.39 is 0 Å². The highest BCUT2D eigenvalue weighted by Crippen LogP contribution is 2.11. The largest absolute Gasteiger partial charge is 0.463 e. The summed E-state index contributed by atoms with van der Waals surface area (Å²) in [5, 5.41) is 6.27. The average Bonchev–Trinajstić information content (AvgIpc) is 2.47. The maximum Gasteiger partial charge on any atom is 0.323 e.